The summed E-state index contributed by atoms with van der Waals surface area (Å²) in [7, 11) is 0. The molecule has 1 fully saturated rings. The fourth-order valence-corrected chi connectivity index (χ4v) is 1.39. The molecule has 2 heteroatoms. The molecule has 1 saturated heterocycles. The second-order valence-corrected chi connectivity index (χ2v) is 3.42. The summed E-state index contributed by atoms with van der Waals surface area (Å²) in [6.45, 7) is 2.69. The summed E-state index contributed by atoms with van der Waals surface area (Å²) in [4.78, 5) is 0. The second kappa shape index (κ2) is 4.40. The van der Waals surface area contributed by atoms with Gasteiger partial charge < -0.3 is 9.47 Å². The highest BCUT2D eigenvalue weighted by molar-refractivity contribution is 5.48. The van der Waals surface area contributed by atoms with Gasteiger partial charge in [0.2, 0.25) is 0 Å². The van der Waals surface area contributed by atoms with Crippen molar-refractivity contribution in [3.05, 3.63) is 42.0 Å². The van der Waals surface area contributed by atoms with Crippen LogP contribution in [-0.2, 0) is 9.47 Å². The van der Waals surface area contributed by atoms with Crippen LogP contribution in [0.5, 0.6) is 0 Å². The zero-order valence-corrected chi connectivity index (χ0v) is 8.22. The maximum atomic E-state index is 5.47. The van der Waals surface area contributed by atoms with Crippen LogP contribution in [0, 0.1) is 0 Å². The fraction of sp³-hybridized carbons (Fsp3) is 0.333. The lowest BCUT2D eigenvalue weighted by atomic mass is 10.2. The monoisotopic (exact) mass is 190 g/mol. The highest BCUT2D eigenvalue weighted by Crippen LogP contribution is 2.13. The summed E-state index contributed by atoms with van der Waals surface area (Å²) in [5.74, 6) is 0. The maximum Gasteiger partial charge on any atom is 0.177 e. The third kappa shape index (κ3) is 2.44. The van der Waals surface area contributed by atoms with Crippen LogP contribution >= 0.6 is 0 Å². The lowest BCUT2D eigenvalue weighted by molar-refractivity contribution is -0.0155. The van der Waals surface area contributed by atoms with Crippen molar-refractivity contribution in [1.29, 1.82) is 0 Å². The van der Waals surface area contributed by atoms with Crippen molar-refractivity contribution in [1.82, 2.24) is 0 Å². The molecule has 0 aliphatic carbocycles. The zero-order chi connectivity index (χ0) is 9.80. The van der Waals surface area contributed by atoms with E-state index in [0.29, 0.717) is 6.61 Å². The largest absolute Gasteiger partial charge is 0.346 e. The first-order chi connectivity index (χ1) is 6.84. The second-order valence-electron chi connectivity index (χ2n) is 3.42. The van der Waals surface area contributed by atoms with E-state index in [1.807, 2.05) is 37.3 Å². The highest BCUT2D eigenvalue weighted by atomic mass is 16.7. The lowest BCUT2D eigenvalue weighted by Gasteiger charge is -2.02. The normalized spacial score (nSPS) is 27.2. The zero-order valence-electron chi connectivity index (χ0n) is 8.22. The van der Waals surface area contributed by atoms with E-state index in [0.717, 1.165) is 0 Å². The van der Waals surface area contributed by atoms with Gasteiger partial charge in [0, 0.05) is 0 Å². The van der Waals surface area contributed by atoms with Gasteiger partial charge in [-0.2, -0.15) is 0 Å². The molecule has 2 rings (SSSR count). The van der Waals surface area contributed by atoms with Crippen LogP contribution in [-0.4, -0.2) is 19.0 Å². The molecule has 0 aromatic heterocycles. The number of rotatable bonds is 2. The Bertz CT molecular complexity index is 305. The molecule has 1 aromatic carbocycles. The molecule has 1 aromatic rings. The third-order valence-corrected chi connectivity index (χ3v) is 2.11. The molecular weight excluding hydrogens is 176 g/mol. The van der Waals surface area contributed by atoms with Crippen molar-refractivity contribution in [3.63, 3.8) is 0 Å². The average molecular weight is 190 g/mol. The Labute approximate surface area is 84.2 Å². The molecule has 1 heterocycles. The Balaban J connectivity index is 1.94. The molecule has 74 valence electrons. The number of hydrogen-bond donors (Lipinski definition) is 0. The highest BCUT2D eigenvalue weighted by Gasteiger charge is 2.19. The Hall–Kier alpha value is -1.12. The molecule has 14 heavy (non-hydrogen) atoms. The van der Waals surface area contributed by atoms with Crippen molar-refractivity contribution in [2.45, 2.75) is 19.3 Å². The molecule has 0 N–H and O–H groups in total. The van der Waals surface area contributed by atoms with E-state index in [1.54, 1.807) is 0 Å². The number of hydrogen-bond acceptors (Lipinski definition) is 2. The molecule has 0 saturated carbocycles. The molecule has 0 spiro atoms. The predicted octanol–water partition coefficient (Wildman–Crippen LogP) is 2.46. The van der Waals surface area contributed by atoms with Crippen molar-refractivity contribution >= 4 is 6.08 Å². The molecule has 0 unspecified atom stereocenters. The van der Waals surface area contributed by atoms with E-state index in [4.69, 9.17) is 9.47 Å². The third-order valence-electron chi connectivity index (χ3n) is 2.11. The van der Waals surface area contributed by atoms with Gasteiger partial charge >= 0.3 is 0 Å². The SMILES string of the molecule is C[C@@H]1CO[C@H](/C=C/c2ccccc2)O1. The topological polar surface area (TPSA) is 18.5 Å². The van der Waals surface area contributed by atoms with Gasteiger partial charge in [0.15, 0.2) is 6.29 Å². The maximum absolute atomic E-state index is 5.47. The lowest BCUT2D eigenvalue weighted by Crippen LogP contribution is -2.05. The summed E-state index contributed by atoms with van der Waals surface area (Å²) >= 11 is 0. The van der Waals surface area contributed by atoms with Crippen LogP contribution in [0.2, 0.25) is 0 Å². The smallest absolute Gasteiger partial charge is 0.177 e. The van der Waals surface area contributed by atoms with E-state index in [1.165, 1.54) is 5.56 Å². The first-order valence-corrected chi connectivity index (χ1v) is 4.85. The molecule has 0 amide bonds. The van der Waals surface area contributed by atoms with Crippen LogP contribution in [0.1, 0.15) is 12.5 Å². The standard InChI is InChI=1S/C12H14O2/c1-10-9-13-12(14-10)8-7-11-5-3-2-4-6-11/h2-8,10,12H,9H2,1H3/b8-7+/t10-,12+/m1/s1. The van der Waals surface area contributed by atoms with Crippen molar-refractivity contribution in [3.8, 4) is 0 Å². The van der Waals surface area contributed by atoms with Crippen molar-refractivity contribution in [2.24, 2.45) is 0 Å². The molecule has 1 aliphatic heterocycles. The quantitative estimate of drug-likeness (QED) is 0.713. The molecular formula is C12H14O2. The summed E-state index contributed by atoms with van der Waals surface area (Å²) in [5, 5.41) is 0. The van der Waals surface area contributed by atoms with E-state index in [2.05, 4.69) is 12.1 Å². The van der Waals surface area contributed by atoms with Gasteiger partial charge in [0.25, 0.3) is 0 Å². The first-order valence-electron chi connectivity index (χ1n) is 4.85. The van der Waals surface area contributed by atoms with Gasteiger partial charge in [0.05, 0.1) is 12.7 Å². The van der Waals surface area contributed by atoms with Crippen LogP contribution < -0.4 is 0 Å². The molecule has 0 bridgehead atoms. The Morgan fingerprint density at radius 1 is 1.29 bits per heavy atom. The molecule has 1 aliphatic rings. The van der Waals surface area contributed by atoms with Crippen LogP contribution in [0.15, 0.2) is 36.4 Å². The molecule has 0 radical (unpaired) electrons. The van der Waals surface area contributed by atoms with Gasteiger partial charge in [-0.3, -0.25) is 0 Å². The van der Waals surface area contributed by atoms with Crippen molar-refractivity contribution < 1.29 is 9.47 Å². The van der Waals surface area contributed by atoms with Crippen LogP contribution in [0.3, 0.4) is 0 Å². The summed E-state index contributed by atoms with van der Waals surface area (Å²) in [6, 6.07) is 10.1. The van der Waals surface area contributed by atoms with Crippen LogP contribution in [0.25, 0.3) is 6.08 Å². The summed E-state index contributed by atoms with van der Waals surface area (Å²) in [5.41, 5.74) is 1.17. The fourth-order valence-electron chi connectivity index (χ4n) is 1.39. The number of ether oxygens (including phenoxy) is 2. The summed E-state index contributed by atoms with van der Waals surface area (Å²) in [6.07, 6.45) is 3.99. The number of benzene rings is 1. The van der Waals surface area contributed by atoms with E-state index >= 15 is 0 Å². The van der Waals surface area contributed by atoms with Gasteiger partial charge in [0.1, 0.15) is 0 Å². The van der Waals surface area contributed by atoms with Gasteiger partial charge in [-0.1, -0.05) is 36.4 Å². The van der Waals surface area contributed by atoms with Gasteiger partial charge in [-0.15, -0.1) is 0 Å². The van der Waals surface area contributed by atoms with Crippen LogP contribution in [0.4, 0.5) is 0 Å². The first kappa shape index (κ1) is 9.44. The van der Waals surface area contributed by atoms with Gasteiger partial charge in [-0.05, 0) is 18.6 Å². The predicted molar refractivity (Wildman–Crippen MR) is 55.8 cm³/mol. The molecule has 2 atom stereocenters. The minimum Gasteiger partial charge on any atom is -0.346 e. The van der Waals surface area contributed by atoms with Gasteiger partial charge in [-0.25, -0.2) is 0 Å². The summed E-state index contributed by atoms with van der Waals surface area (Å²) < 4.78 is 10.9. The Morgan fingerprint density at radius 3 is 2.71 bits per heavy atom. The van der Waals surface area contributed by atoms with E-state index in [9.17, 15) is 0 Å². The minimum absolute atomic E-state index is 0.176. The van der Waals surface area contributed by atoms with E-state index in [-0.39, 0.29) is 12.4 Å². The minimum atomic E-state index is -0.176. The average Bonchev–Trinajstić information content (AvgIpc) is 2.63. The van der Waals surface area contributed by atoms with E-state index < -0.39 is 0 Å². The Morgan fingerprint density at radius 2 is 2.07 bits per heavy atom. The Kier molecular flexibility index (Phi) is 2.96. The molecule has 2 nitrogen and oxygen atoms in total. The van der Waals surface area contributed by atoms with Crippen molar-refractivity contribution in [2.75, 3.05) is 6.61 Å².